The van der Waals surface area contributed by atoms with E-state index in [0.717, 1.165) is 76.0 Å². The fourth-order valence-electron chi connectivity index (χ4n) is 3.06. The summed E-state index contributed by atoms with van der Waals surface area (Å²) < 4.78 is 11.1. The minimum absolute atomic E-state index is 0.00621. The van der Waals surface area contributed by atoms with Crippen molar-refractivity contribution >= 4 is 17.6 Å². The topological polar surface area (TPSA) is 84.0 Å². The maximum absolute atomic E-state index is 12.1. The van der Waals surface area contributed by atoms with E-state index in [4.69, 9.17) is 9.47 Å². The molecule has 1 aliphatic heterocycles. The summed E-state index contributed by atoms with van der Waals surface area (Å²) >= 11 is 0. The first kappa shape index (κ1) is 24.2. The molecule has 1 saturated heterocycles. The van der Waals surface area contributed by atoms with Crippen LogP contribution in [-0.2, 0) is 20.8 Å². The minimum atomic E-state index is 0.00621. The number of aliphatic imine (C=N–C) groups is 1. The van der Waals surface area contributed by atoms with Gasteiger partial charge in [-0.15, -0.1) is 0 Å². The quantitative estimate of drug-likeness (QED) is 0.276. The Morgan fingerprint density at radius 1 is 1.33 bits per heavy atom. The van der Waals surface area contributed by atoms with Crippen LogP contribution in [0.5, 0.6) is 0 Å². The Kier molecular flexibility index (Phi) is 11.3. The van der Waals surface area contributed by atoms with Gasteiger partial charge in [0.05, 0.1) is 19.8 Å². The predicted octanol–water partition coefficient (Wildman–Crippen LogP) is 3.17. The molecule has 0 spiro atoms. The van der Waals surface area contributed by atoms with Gasteiger partial charge in [-0.05, 0) is 43.9 Å². The molecule has 7 nitrogen and oxygen atoms in total. The predicted molar refractivity (Wildman–Crippen MR) is 122 cm³/mol. The highest BCUT2D eigenvalue weighted by Gasteiger charge is 2.15. The molecule has 2 unspecified atom stereocenters. The van der Waals surface area contributed by atoms with Crippen molar-refractivity contribution in [2.75, 3.05) is 44.8 Å². The highest BCUT2D eigenvalue weighted by atomic mass is 16.5. The summed E-state index contributed by atoms with van der Waals surface area (Å²) in [6.07, 6.45) is 2.86. The van der Waals surface area contributed by atoms with Crippen LogP contribution in [0.15, 0.2) is 29.3 Å². The average Bonchev–Trinajstić information content (AvgIpc) is 3.27. The molecule has 0 radical (unpaired) electrons. The molecule has 1 heterocycles. The lowest BCUT2D eigenvalue weighted by molar-refractivity contribution is -0.119. The molecule has 1 amide bonds. The van der Waals surface area contributed by atoms with Crippen molar-refractivity contribution in [3.63, 3.8) is 0 Å². The third-order valence-corrected chi connectivity index (χ3v) is 5.15. The Bertz CT molecular complexity index is 660. The van der Waals surface area contributed by atoms with Crippen molar-refractivity contribution < 1.29 is 14.3 Å². The van der Waals surface area contributed by atoms with Crippen LogP contribution in [0.4, 0.5) is 5.69 Å². The molecule has 0 bridgehead atoms. The molecule has 2 atom stereocenters. The van der Waals surface area contributed by atoms with Crippen LogP contribution in [0.2, 0.25) is 0 Å². The summed E-state index contributed by atoms with van der Waals surface area (Å²) in [6.45, 7) is 11.4. The molecule has 2 rings (SSSR count). The fourth-order valence-corrected chi connectivity index (χ4v) is 3.06. The van der Waals surface area contributed by atoms with E-state index >= 15 is 0 Å². The monoisotopic (exact) mass is 418 g/mol. The number of hydrogen-bond donors (Lipinski definition) is 3. The lowest BCUT2D eigenvalue weighted by Gasteiger charge is -2.13. The molecule has 0 aromatic heterocycles. The first-order valence-corrected chi connectivity index (χ1v) is 11.2. The Morgan fingerprint density at radius 2 is 2.20 bits per heavy atom. The van der Waals surface area contributed by atoms with E-state index in [1.807, 2.05) is 38.1 Å². The van der Waals surface area contributed by atoms with Crippen LogP contribution >= 0.6 is 0 Å². The molecule has 3 N–H and O–H groups in total. The van der Waals surface area contributed by atoms with Gasteiger partial charge in [0.25, 0.3) is 0 Å². The third kappa shape index (κ3) is 9.13. The summed E-state index contributed by atoms with van der Waals surface area (Å²) in [6, 6.07) is 7.86. The van der Waals surface area contributed by atoms with Gasteiger partial charge in [0.1, 0.15) is 0 Å². The maximum Gasteiger partial charge on any atom is 0.227 e. The van der Waals surface area contributed by atoms with Gasteiger partial charge in [-0.25, -0.2) is 4.99 Å². The zero-order chi connectivity index (χ0) is 21.6. The van der Waals surface area contributed by atoms with Crippen LogP contribution < -0.4 is 16.0 Å². The van der Waals surface area contributed by atoms with E-state index in [2.05, 4.69) is 27.9 Å². The smallest absolute Gasteiger partial charge is 0.227 e. The standard InChI is InChI=1S/C23H38N4O3/c1-4-18(3)22(28)27-21-9-6-8-19(14-21)15-26-23(24-5-2)25-11-7-12-29-16-20-10-13-30-17-20/h6,8-9,14,18,20H,4-5,7,10-13,15-17H2,1-3H3,(H,27,28)(H2,24,25,26). The number of hydrogen-bond acceptors (Lipinski definition) is 4. The number of rotatable bonds is 12. The van der Waals surface area contributed by atoms with E-state index in [9.17, 15) is 4.79 Å². The van der Waals surface area contributed by atoms with Crippen LogP contribution in [0.25, 0.3) is 0 Å². The molecular weight excluding hydrogens is 380 g/mol. The second-order valence-corrected chi connectivity index (χ2v) is 7.78. The maximum atomic E-state index is 12.1. The second kappa shape index (κ2) is 14.0. The highest BCUT2D eigenvalue weighted by molar-refractivity contribution is 5.92. The van der Waals surface area contributed by atoms with Gasteiger partial charge in [0.2, 0.25) is 5.91 Å². The highest BCUT2D eigenvalue weighted by Crippen LogP contribution is 2.14. The summed E-state index contributed by atoms with van der Waals surface area (Å²) in [5.41, 5.74) is 1.87. The van der Waals surface area contributed by atoms with E-state index in [1.165, 1.54) is 0 Å². The van der Waals surface area contributed by atoms with E-state index in [1.54, 1.807) is 0 Å². The first-order chi connectivity index (χ1) is 14.6. The lowest BCUT2D eigenvalue weighted by Crippen LogP contribution is -2.38. The van der Waals surface area contributed by atoms with Gasteiger partial charge in [-0.1, -0.05) is 26.0 Å². The molecule has 0 saturated carbocycles. The summed E-state index contributed by atoms with van der Waals surface area (Å²) in [5.74, 6) is 1.40. The largest absolute Gasteiger partial charge is 0.381 e. The van der Waals surface area contributed by atoms with Gasteiger partial charge < -0.3 is 25.4 Å². The first-order valence-electron chi connectivity index (χ1n) is 11.2. The minimum Gasteiger partial charge on any atom is -0.381 e. The van der Waals surface area contributed by atoms with Crippen molar-refractivity contribution in [1.29, 1.82) is 0 Å². The van der Waals surface area contributed by atoms with Gasteiger partial charge in [-0.3, -0.25) is 4.79 Å². The molecule has 7 heteroatoms. The number of ether oxygens (including phenoxy) is 2. The van der Waals surface area contributed by atoms with Gasteiger partial charge in [0.15, 0.2) is 5.96 Å². The van der Waals surface area contributed by atoms with Gasteiger partial charge in [-0.2, -0.15) is 0 Å². The van der Waals surface area contributed by atoms with Crippen LogP contribution in [0.3, 0.4) is 0 Å². The summed E-state index contributed by atoms with van der Waals surface area (Å²) in [7, 11) is 0. The number of carbonyl (C=O) groups excluding carboxylic acids is 1. The third-order valence-electron chi connectivity index (χ3n) is 5.15. The van der Waals surface area contributed by atoms with Crippen LogP contribution in [0, 0.1) is 11.8 Å². The molecule has 30 heavy (non-hydrogen) atoms. The van der Waals surface area contributed by atoms with E-state index in [-0.39, 0.29) is 11.8 Å². The summed E-state index contributed by atoms with van der Waals surface area (Å²) in [5, 5.41) is 9.60. The SMILES string of the molecule is CCNC(=NCc1cccc(NC(=O)C(C)CC)c1)NCCCOCC1CCOC1. The molecular formula is C23H38N4O3. The molecule has 0 aliphatic carbocycles. The molecule has 168 valence electrons. The number of guanidine groups is 1. The van der Waals surface area contributed by atoms with Gasteiger partial charge in [0, 0.05) is 43.8 Å². The number of benzene rings is 1. The Balaban J connectivity index is 1.74. The Hall–Kier alpha value is -2.12. The normalized spacial score (nSPS) is 17.6. The molecule has 1 fully saturated rings. The molecule has 1 aliphatic rings. The number of amides is 1. The number of nitrogens with zero attached hydrogens (tertiary/aromatic N) is 1. The van der Waals surface area contributed by atoms with Crippen LogP contribution in [-0.4, -0.2) is 51.4 Å². The Labute approximate surface area is 181 Å². The number of anilines is 1. The zero-order valence-electron chi connectivity index (χ0n) is 18.7. The van der Waals surface area contributed by atoms with Crippen LogP contribution in [0.1, 0.15) is 45.6 Å². The van der Waals surface area contributed by atoms with E-state index in [0.29, 0.717) is 12.5 Å². The fraction of sp³-hybridized carbons (Fsp3) is 0.652. The molecule has 1 aromatic carbocycles. The summed E-state index contributed by atoms with van der Waals surface area (Å²) in [4.78, 5) is 16.8. The number of carbonyl (C=O) groups is 1. The second-order valence-electron chi connectivity index (χ2n) is 7.78. The van der Waals surface area contributed by atoms with Crippen molar-refractivity contribution in [2.24, 2.45) is 16.8 Å². The molecule has 1 aromatic rings. The zero-order valence-corrected chi connectivity index (χ0v) is 18.7. The van der Waals surface area contributed by atoms with E-state index < -0.39 is 0 Å². The Morgan fingerprint density at radius 3 is 2.93 bits per heavy atom. The average molecular weight is 419 g/mol. The number of nitrogens with one attached hydrogen (secondary N) is 3. The van der Waals surface area contributed by atoms with Crippen molar-refractivity contribution in [3.8, 4) is 0 Å². The van der Waals surface area contributed by atoms with Crippen molar-refractivity contribution in [3.05, 3.63) is 29.8 Å². The van der Waals surface area contributed by atoms with Crippen molar-refractivity contribution in [1.82, 2.24) is 10.6 Å². The van der Waals surface area contributed by atoms with Gasteiger partial charge >= 0.3 is 0 Å². The van der Waals surface area contributed by atoms with Crippen molar-refractivity contribution in [2.45, 2.75) is 46.6 Å². The lowest BCUT2D eigenvalue weighted by atomic mass is 10.1.